The zero-order valence-electron chi connectivity index (χ0n) is 16.3. The molecule has 11 heteroatoms. The number of hydrogen-bond acceptors (Lipinski definition) is 6. The molecule has 0 saturated carbocycles. The van der Waals surface area contributed by atoms with Crippen LogP contribution in [0.2, 0.25) is 0 Å². The van der Waals surface area contributed by atoms with Crippen LogP contribution in [0, 0.1) is 0 Å². The van der Waals surface area contributed by atoms with Crippen molar-refractivity contribution >= 4 is 5.91 Å². The summed E-state index contributed by atoms with van der Waals surface area (Å²) >= 11 is 0. The Kier molecular flexibility index (Phi) is 5.04. The third-order valence-electron chi connectivity index (χ3n) is 4.95. The molecule has 8 nitrogen and oxygen atoms in total. The maximum Gasteiger partial charge on any atom is 0.416 e. The number of hydrogen-bond donors (Lipinski definition) is 0. The molecule has 0 aliphatic carbocycles. The lowest BCUT2D eigenvalue weighted by Gasteiger charge is -2.17. The minimum Gasteiger partial charge on any atom is -0.336 e. The van der Waals surface area contributed by atoms with Gasteiger partial charge in [-0.1, -0.05) is 30.3 Å². The van der Waals surface area contributed by atoms with E-state index in [0.717, 1.165) is 12.1 Å². The van der Waals surface area contributed by atoms with E-state index >= 15 is 0 Å². The quantitative estimate of drug-likeness (QED) is 0.641. The van der Waals surface area contributed by atoms with Gasteiger partial charge in [-0.2, -0.15) is 18.2 Å². The number of halogens is 3. The summed E-state index contributed by atoms with van der Waals surface area (Å²) in [6.45, 7) is 4.62. The molecule has 158 valence electrons. The largest absolute Gasteiger partial charge is 0.416 e. The second-order valence-electron chi connectivity index (χ2n) is 7.47. The van der Waals surface area contributed by atoms with E-state index in [1.807, 2.05) is 13.8 Å². The van der Waals surface area contributed by atoms with Crippen LogP contribution in [-0.4, -0.2) is 49.0 Å². The third-order valence-corrected chi connectivity index (χ3v) is 4.95. The van der Waals surface area contributed by atoms with E-state index in [0.29, 0.717) is 31.0 Å². The Balaban J connectivity index is 1.46. The van der Waals surface area contributed by atoms with Gasteiger partial charge in [-0.3, -0.25) is 4.79 Å². The van der Waals surface area contributed by atoms with Crippen molar-refractivity contribution < 1.29 is 22.5 Å². The molecule has 1 aliphatic rings. The van der Waals surface area contributed by atoms with Crippen LogP contribution < -0.4 is 0 Å². The van der Waals surface area contributed by atoms with Gasteiger partial charge in [0.15, 0.2) is 11.5 Å². The fraction of sp³-hybridized carbons (Fsp3) is 0.421. The highest BCUT2D eigenvalue weighted by atomic mass is 19.4. The van der Waals surface area contributed by atoms with Gasteiger partial charge in [0, 0.05) is 24.6 Å². The number of rotatable bonds is 4. The molecule has 2 aromatic heterocycles. The molecule has 30 heavy (non-hydrogen) atoms. The second-order valence-corrected chi connectivity index (χ2v) is 7.47. The summed E-state index contributed by atoms with van der Waals surface area (Å²) in [5, 5.41) is 12.0. The Morgan fingerprint density at radius 2 is 2.10 bits per heavy atom. The van der Waals surface area contributed by atoms with Gasteiger partial charge in [0.1, 0.15) is 0 Å². The van der Waals surface area contributed by atoms with Crippen molar-refractivity contribution in [3.63, 3.8) is 0 Å². The molecular weight excluding hydrogens is 401 g/mol. The summed E-state index contributed by atoms with van der Waals surface area (Å²) in [6.07, 6.45) is -2.22. The number of alkyl halides is 3. The molecule has 4 rings (SSSR count). The first-order valence-corrected chi connectivity index (χ1v) is 9.44. The maximum absolute atomic E-state index is 12.9. The van der Waals surface area contributed by atoms with Gasteiger partial charge in [0.25, 0.3) is 11.8 Å². The van der Waals surface area contributed by atoms with E-state index in [2.05, 4.69) is 20.5 Å². The van der Waals surface area contributed by atoms with Crippen LogP contribution in [0.25, 0.3) is 11.6 Å². The maximum atomic E-state index is 12.9. The molecule has 3 heterocycles. The van der Waals surface area contributed by atoms with Crippen LogP contribution in [-0.2, 0) is 6.18 Å². The molecule has 1 amide bonds. The first kappa shape index (κ1) is 20.0. The second kappa shape index (κ2) is 7.54. The van der Waals surface area contributed by atoms with Gasteiger partial charge in [-0.05, 0) is 24.6 Å². The van der Waals surface area contributed by atoms with E-state index in [1.54, 1.807) is 10.9 Å². The van der Waals surface area contributed by atoms with Gasteiger partial charge in [-0.25, -0.2) is 4.68 Å². The predicted molar refractivity (Wildman–Crippen MR) is 98.4 cm³/mol. The smallest absolute Gasteiger partial charge is 0.336 e. The Hall–Kier alpha value is -3.24. The average Bonchev–Trinajstić information content (AvgIpc) is 3.46. The van der Waals surface area contributed by atoms with Gasteiger partial charge in [0.2, 0.25) is 0 Å². The van der Waals surface area contributed by atoms with Crippen molar-refractivity contribution in [2.45, 2.75) is 38.4 Å². The molecular formula is C19H19F3N6O2. The van der Waals surface area contributed by atoms with Crippen LogP contribution in [0.1, 0.15) is 54.0 Å². The van der Waals surface area contributed by atoms with Gasteiger partial charge < -0.3 is 9.42 Å². The first-order chi connectivity index (χ1) is 14.2. The molecule has 1 atom stereocenters. The third kappa shape index (κ3) is 3.91. The summed E-state index contributed by atoms with van der Waals surface area (Å²) < 4.78 is 45.6. The fourth-order valence-electron chi connectivity index (χ4n) is 3.28. The minimum absolute atomic E-state index is 0.0110. The Labute approximate surface area is 169 Å². The van der Waals surface area contributed by atoms with E-state index < -0.39 is 17.6 Å². The van der Waals surface area contributed by atoms with E-state index in [1.165, 1.54) is 17.0 Å². The molecule has 0 N–H and O–H groups in total. The van der Waals surface area contributed by atoms with Crippen molar-refractivity contribution in [1.82, 2.24) is 30.0 Å². The molecule has 1 saturated heterocycles. The molecule has 0 bridgehead atoms. The topological polar surface area (TPSA) is 89.9 Å². The Morgan fingerprint density at radius 1 is 1.30 bits per heavy atom. The number of amides is 1. The van der Waals surface area contributed by atoms with E-state index in [4.69, 9.17) is 4.52 Å². The van der Waals surface area contributed by atoms with Crippen LogP contribution >= 0.6 is 0 Å². The molecule has 0 spiro atoms. The van der Waals surface area contributed by atoms with Crippen molar-refractivity contribution in [2.75, 3.05) is 13.1 Å². The molecule has 3 aromatic rings. The zero-order chi connectivity index (χ0) is 21.5. The lowest BCUT2D eigenvalue weighted by Crippen LogP contribution is -2.29. The number of benzene rings is 1. The highest BCUT2D eigenvalue weighted by Gasteiger charge is 2.33. The zero-order valence-corrected chi connectivity index (χ0v) is 16.3. The molecule has 1 fully saturated rings. The summed E-state index contributed by atoms with van der Waals surface area (Å²) in [7, 11) is 0. The highest BCUT2D eigenvalue weighted by Crippen LogP contribution is 2.30. The van der Waals surface area contributed by atoms with Crippen molar-refractivity contribution in [2.24, 2.45) is 0 Å². The van der Waals surface area contributed by atoms with Crippen LogP contribution in [0.3, 0.4) is 0 Å². The monoisotopic (exact) mass is 420 g/mol. The predicted octanol–water partition coefficient (Wildman–Crippen LogP) is 3.56. The summed E-state index contributed by atoms with van der Waals surface area (Å²) in [5.41, 5.74) is -0.403. The number of carbonyl (C=O) groups is 1. The van der Waals surface area contributed by atoms with Crippen LogP contribution in [0.4, 0.5) is 13.2 Å². The number of likely N-dealkylation sites (tertiary alicyclic amines) is 1. The normalized spacial score (nSPS) is 17.1. The van der Waals surface area contributed by atoms with Gasteiger partial charge in [0.05, 0.1) is 17.8 Å². The molecule has 1 aromatic carbocycles. The van der Waals surface area contributed by atoms with Crippen LogP contribution in [0.5, 0.6) is 0 Å². The first-order valence-electron chi connectivity index (χ1n) is 9.44. The Morgan fingerprint density at radius 3 is 2.80 bits per heavy atom. The van der Waals surface area contributed by atoms with E-state index in [-0.39, 0.29) is 23.4 Å². The lowest BCUT2D eigenvalue weighted by atomic mass is 10.1. The standard InChI is InChI=1S/C19H19F3N6O2/c1-11(2)16-23-17(30-25-16)15-10-28(26-24-15)14-6-7-27(9-14)18(29)12-4-3-5-13(8-12)19(20,21)22/h3-5,8,10-11,14H,6-7,9H2,1-2H3. The van der Waals surface area contributed by atoms with E-state index in [9.17, 15) is 18.0 Å². The molecule has 1 aliphatic heterocycles. The average molecular weight is 420 g/mol. The van der Waals surface area contributed by atoms with Crippen molar-refractivity contribution in [1.29, 1.82) is 0 Å². The number of carbonyl (C=O) groups excluding carboxylic acids is 1. The van der Waals surface area contributed by atoms with Crippen molar-refractivity contribution in [3.05, 3.63) is 47.4 Å². The summed E-state index contributed by atoms with van der Waals surface area (Å²) in [4.78, 5) is 18.5. The number of aromatic nitrogens is 5. The number of nitrogens with zero attached hydrogens (tertiary/aromatic N) is 6. The summed E-state index contributed by atoms with van der Waals surface area (Å²) in [6, 6.07) is 4.31. The Bertz CT molecular complexity index is 1060. The minimum atomic E-state index is -4.49. The van der Waals surface area contributed by atoms with Crippen molar-refractivity contribution in [3.8, 4) is 11.6 Å². The molecule has 1 unspecified atom stereocenters. The van der Waals surface area contributed by atoms with Crippen LogP contribution in [0.15, 0.2) is 35.0 Å². The van der Waals surface area contributed by atoms with Gasteiger partial charge >= 0.3 is 6.18 Å². The highest BCUT2D eigenvalue weighted by molar-refractivity contribution is 5.94. The van der Waals surface area contributed by atoms with Gasteiger partial charge in [-0.15, -0.1) is 5.10 Å². The lowest BCUT2D eigenvalue weighted by molar-refractivity contribution is -0.137. The SMILES string of the molecule is CC(C)c1noc(-c2cn(C3CCN(C(=O)c4cccc(C(F)(F)F)c4)C3)nn2)n1. The fourth-order valence-corrected chi connectivity index (χ4v) is 3.28. The molecule has 0 radical (unpaired) electrons. The summed E-state index contributed by atoms with van der Waals surface area (Å²) in [5.74, 6) is 0.503.